The van der Waals surface area contributed by atoms with Crippen LogP contribution >= 0.6 is 11.6 Å². The lowest BCUT2D eigenvalue weighted by molar-refractivity contribution is 0.0972. The van der Waals surface area contributed by atoms with Crippen molar-refractivity contribution in [2.45, 2.75) is 0 Å². The number of aliphatic imine (C=N–C) groups is 1. The number of nitrogen functional groups attached to an aromatic ring is 2. The van der Waals surface area contributed by atoms with Crippen LogP contribution in [0.2, 0.25) is 5.15 Å². The number of hydrogen-bond acceptors (Lipinski definition) is 7. The van der Waals surface area contributed by atoms with Gasteiger partial charge in [0.2, 0.25) is 5.96 Å². The van der Waals surface area contributed by atoms with Gasteiger partial charge in [0.1, 0.15) is 0 Å². The highest BCUT2D eigenvalue weighted by atomic mass is 35.5. The third kappa shape index (κ3) is 3.54. The number of hydrogen-bond donors (Lipinski definition) is 4. The van der Waals surface area contributed by atoms with E-state index in [9.17, 15) is 4.79 Å². The van der Waals surface area contributed by atoms with Gasteiger partial charge in [0.25, 0.3) is 5.91 Å². The first-order valence-electron chi connectivity index (χ1n) is 5.61. The molecule has 0 spiro atoms. The summed E-state index contributed by atoms with van der Waals surface area (Å²) in [4.78, 5) is 27.2. The molecule has 0 saturated heterocycles. The van der Waals surface area contributed by atoms with Gasteiger partial charge in [0.15, 0.2) is 22.5 Å². The molecule has 0 atom stereocenters. The molecule has 0 fully saturated rings. The largest absolute Gasteiger partial charge is 0.382 e. The summed E-state index contributed by atoms with van der Waals surface area (Å²) >= 11 is 5.69. The molecule has 0 unspecified atom stereocenters. The van der Waals surface area contributed by atoms with Crippen molar-refractivity contribution in [2.24, 2.45) is 10.7 Å². The molecule has 1 amide bonds. The molecule has 10 heteroatoms. The van der Waals surface area contributed by atoms with Gasteiger partial charge in [-0.05, 0) is 12.1 Å². The summed E-state index contributed by atoms with van der Waals surface area (Å²) < 4.78 is 0. The topological polar surface area (TPSA) is 158 Å². The molecule has 0 aliphatic rings. The van der Waals surface area contributed by atoms with E-state index in [-0.39, 0.29) is 28.4 Å². The minimum Gasteiger partial charge on any atom is -0.382 e. The maximum absolute atomic E-state index is 12.0. The molecular formula is C11H11ClN8O. The zero-order valence-corrected chi connectivity index (χ0v) is 11.4. The molecule has 0 aliphatic heterocycles. The second kappa shape index (κ2) is 6.01. The Morgan fingerprint density at radius 3 is 2.71 bits per heavy atom. The minimum atomic E-state index is -0.702. The predicted octanol–water partition coefficient (Wildman–Crippen LogP) is 0.0656. The second-order valence-corrected chi connectivity index (χ2v) is 4.15. The number of nitrogens with one attached hydrogen (secondary N) is 1. The van der Waals surface area contributed by atoms with Gasteiger partial charge in [-0.2, -0.15) is 0 Å². The van der Waals surface area contributed by atoms with Crippen LogP contribution in [-0.4, -0.2) is 26.8 Å². The Hall–Kier alpha value is -2.94. The molecule has 0 aromatic carbocycles. The maximum Gasteiger partial charge on any atom is 0.280 e. The standard InChI is InChI=1S/C11H11ClN8O/c12-7-9(14)19-8(13)6(18-7)10(21)20-11(15)17-5-2-1-3-16-4-5/h1-4H,(H4,13,14,19)(H3,15,17,20,21). The summed E-state index contributed by atoms with van der Waals surface area (Å²) in [5.41, 5.74) is 16.9. The van der Waals surface area contributed by atoms with Gasteiger partial charge >= 0.3 is 0 Å². The third-order valence-electron chi connectivity index (χ3n) is 2.26. The van der Waals surface area contributed by atoms with Gasteiger partial charge in [-0.1, -0.05) is 11.6 Å². The van der Waals surface area contributed by atoms with Crippen molar-refractivity contribution in [3.05, 3.63) is 35.4 Å². The first-order chi connectivity index (χ1) is 9.97. The number of halogens is 1. The molecule has 0 aliphatic carbocycles. The number of nitrogens with two attached hydrogens (primary N) is 3. The minimum absolute atomic E-state index is 0.0669. The van der Waals surface area contributed by atoms with Crippen LogP contribution in [0.25, 0.3) is 0 Å². The van der Waals surface area contributed by atoms with Gasteiger partial charge in [-0.25, -0.2) is 15.0 Å². The Bertz CT molecular complexity index is 703. The fraction of sp³-hybridized carbons (Fsp3) is 0. The highest BCUT2D eigenvalue weighted by molar-refractivity contribution is 6.31. The maximum atomic E-state index is 12.0. The van der Waals surface area contributed by atoms with Crippen LogP contribution in [0.15, 0.2) is 29.5 Å². The number of carbonyl (C=O) groups is 1. The van der Waals surface area contributed by atoms with Crippen molar-refractivity contribution < 1.29 is 4.79 Å². The Balaban J connectivity index is 2.18. The van der Waals surface area contributed by atoms with E-state index in [1.54, 1.807) is 18.3 Å². The van der Waals surface area contributed by atoms with E-state index in [2.05, 4.69) is 25.3 Å². The summed E-state index contributed by atoms with van der Waals surface area (Å²) in [6, 6.07) is 3.34. The lowest BCUT2D eigenvalue weighted by Crippen LogP contribution is -2.37. The average molecular weight is 307 g/mol. The number of aromatic nitrogens is 3. The molecule has 2 rings (SSSR count). The van der Waals surface area contributed by atoms with Gasteiger partial charge in [0, 0.05) is 6.20 Å². The van der Waals surface area contributed by atoms with Crippen molar-refractivity contribution in [2.75, 3.05) is 11.5 Å². The average Bonchev–Trinajstić information content (AvgIpc) is 2.43. The number of carbonyl (C=O) groups excluding carboxylic acids is 1. The van der Waals surface area contributed by atoms with Crippen LogP contribution in [-0.2, 0) is 0 Å². The lowest BCUT2D eigenvalue weighted by Gasteiger charge is -2.07. The van der Waals surface area contributed by atoms with E-state index in [4.69, 9.17) is 28.8 Å². The fourth-order valence-electron chi connectivity index (χ4n) is 1.37. The van der Waals surface area contributed by atoms with Crippen molar-refractivity contribution in [3.8, 4) is 0 Å². The van der Waals surface area contributed by atoms with E-state index < -0.39 is 5.91 Å². The molecule has 108 valence electrons. The van der Waals surface area contributed by atoms with Crippen LogP contribution in [0.1, 0.15) is 10.5 Å². The fourth-order valence-corrected chi connectivity index (χ4v) is 1.50. The molecule has 2 aromatic rings. The quantitative estimate of drug-likeness (QED) is 0.451. The van der Waals surface area contributed by atoms with Gasteiger partial charge in [-0.15, -0.1) is 0 Å². The number of amides is 1. The number of nitrogens with zero attached hydrogens (tertiary/aromatic N) is 4. The Morgan fingerprint density at radius 1 is 1.29 bits per heavy atom. The lowest BCUT2D eigenvalue weighted by atomic mass is 10.4. The molecule has 2 aromatic heterocycles. The van der Waals surface area contributed by atoms with Gasteiger partial charge < -0.3 is 17.2 Å². The summed E-state index contributed by atoms with van der Waals surface area (Å²) in [5.74, 6) is -1.08. The van der Waals surface area contributed by atoms with Crippen molar-refractivity contribution in [1.29, 1.82) is 0 Å². The third-order valence-corrected chi connectivity index (χ3v) is 2.54. The van der Waals surface area contributed by atoms with E-state index in [1.165, 1.54) is 6.20 Å². The molecule has 9 nitrogen and oxygen atoms in total. The molecule has 0 saturated carbocycles. The highest BCUT2D eigenvalue weighted by Gasteiger charge is 2.16. The second-order valence-electron chi connectivity index (χ2n) is 3.80. The summed E-state index contributed by atoms with van der Waals surface area (Å²) in [6.07, 6.45) is 3.06. The molecule has 0 bridgehead atoms. The number of anilines is 2. The Kier molecular flexibility index (Phi) is 4.14. The predicted molar refractivity (Wildman–Crippen MR) is 78.9 cm³/mol. The van der Waals surface area contributed by atoms with Crippen LogP contribution in [0.3, 0.4) is 0 Å². The van der Waals surface area contributed by atoms with E-state index >= 15 is 0 Å². The molecular weight excluding hydrogens is 296 g/mol. The monoisotopic (exact) mass is 306 g/mol. The van der Waals surface area contributed by atoms with E-state index in [1.807, 2.05) is 0 Å². The zero-order valence-electron chi connectivity index (χ0n) is 10.6. The summed E-state index contributed by atoms with van der Waals surface area (Å²) in [6.45, 7) is 0. The number of pyridine rings is 1. The Morgan fingerprint density at radius 2 is 2.05 bits per heavy atom. The normalized spacial score (nSPS) is 11.2. The smallest absolute Gasteiger partial charge is 0.280 e. The van der Waals surface area contributed by atoms with Crippen LogP contribution < -0.4 is 22.5 Å². The SMILES string of the molecule is NC(=Nc1cccnc1)NC(=O)c1nc(Cl)c(N)nc1N. The summed E-state index contributed by atoms with van der Waals surface area (Å²) in [5, 5.41) is 2.18. The van der Waals surface area contributed by atoms with Crippen molar-refractivity contribution in [1.82, 2.24) is 20.3 Å². The van der Waals surface area contributed by atoms with Crippen molar-refractivity contribution >= 4 is 40.8 Å². The van der Waals surface area contributed by atoms with Gasteiger partial charge in [-0.3, -0.25) is 15.1 Å². The number of rotatable bonds is 2. The highest BCUT2D eigenvalue weighted by Crippen LogP contribution is 2.17. The van der Waals surface area contributed by atoms with E-state index in [0.29, 0.717) is 5.69 Å². The van der Waals surface area contributed by atoms with Crippen LogP contribution in [0.5, 0.6) is 0 Å². The van der Waals surface area contributed by atoms with Gasteiger partial charge in [0.05, 0.1) is 11.9 Å². The van der Waals surface area contributed by atoms with E-state index in [0.717, 1.165) is 0 Å². The first-order valence-corrected chi connectivity index (χ1v) is 5.99. The Labute approximate surface area is 124 Å². The number of guanidine groups is 1. The summed E-state index contributed by atoms with van der Waals surface area (Å²) in [7, 11) is 0. The molecule has 0 radical (unpaired) electrons. The molecule has 7 N–H and O–H groups in total. The van der Waals surface area contributed by atoms with Crippen LogP contribution in [0, 0.1) is 0 Å². The van der Waals surface area contributed by atoms with Crippen molar-refractivity contribution in [3.63, 3.8) is 0 Å². The van der Waals surface area contributed by atoms with Crippen LogP contribution in [0.4, 0.5) is 17.3 Å². The first kappa shape index (κ1) is 14.5. The zero-order chi connectivity index (χ0) is 15.4. The molecule has 21 heavy (non-hydrogen) atoms. The molecule has 2 heterocycles.